The maximum absolute atomic E-state index is 13.4. The first-order chi connectivity index (χ1) is 16.1. The van der Waals surface area contributed by atoms with Gasteiger partial charge in [0, 0.05) is 11.1 Å². The van der Waals surface area contributed by atoms with Crippen molar-refractivity contribution in [3.8, 4) is 5.75 Å². The fraction of sp³-hybridized carbons (Fsp3) is 0.0690. The highest BCUT2D eigenvalue weighted by Crippen LogP contribution is 2.43. The van der Waals surface area contributed by atoms with Gasteiger partial charge >= 0.3 is 6.09 Å². The zero-order valence-corrected chi connectivity index (χ0v) is 18.4. The molecule has 0 radical (unpaired) electrons. The molecule has 0 spiro atoms. The lowest BCUT2D eigenvalue weighted by molar-refractivity contribution is 0.210. The summed E-state index contributed by atoms with van der Waals surface area (Å²) in [5, 5.41) is 4.42. The molecule has 0 N–H and O–H groups in total. The van der Waals surface area contributed by atoms with Crippen LogP contribution >= 0.6 is 0 Å². The Balaban J connectivity index is 1.70. The SMILES string of the molecule is Cc1cccc(C)c1B1c2ccc3cccc4c3c2N(C(=O)O4)c2ccc3ccccc3c21. The number of fused-ring (bicyclic) bond motifs is 4. The minimum atomic E-state index is -0.348. The van der Waals surface area contributed by atoms with Gasteiger partial charge in [-0.3, -0.25) is 0 Å². The zero-order chi connectivity index (χ0) is 22.3. The van der Waals surface area contributed by atoms with Crippen LogP contribution in [0.1, 0.15) is 11.1 Å². The average molecular weight is 425 g/mol. The van der Waals surface area contributed by atoms with Crippen molar-refractivity contribution in [1.82, 2.24) is 0 Å². The molecule has 0 unspecified atom stereocenters. The molecule has 4 heteroatoms. The molecular weight excluding hydrogens is 405 g/mol. The number of hydrogen-bond acceptors (Lipinski definition) is 2. The van der Waals surface area contributed by atoms with E-state index in [-0.39, 0.29) is 12.8 Å². The molecule has 3 nitrogen and oxygen atoms in total. The fourth-order valence-corrected chi connectivity index (χ4v) is 5.87. The normalized spacial score (nSPS) is 13.9. The third-order valence-electron chi connectivity index (χ3n) is 7.23. The van der Waals surface area contributed by atoms with E-state index in [2.05, 4.69) is 86.6 Å². The van der Waals surface area contributed by atoms with E-state index in [0.29, 0.717) is 5.75 Å². The molecule has 7 rings (SSSR count). The first-order valence-electron chi connectivity index (χ1n) is 11.3. The lowest BCUT2D eigenvalue weighted by Crippen LogP contribution is -2.60. The van der Waals surface area contributed by atoms with Crippen LogP contribution in [0.4, 0.5) is 16.2 Å². The molecule has 5 aromatic rings. The lowest BCUT2D eigenvalue weighted by atomic mass is 9.33. The number of ether oxygens (including phenoxy) is 1. The summed E-state index contributed by atoms with van der Waals surface area (Å²) >= 11 is 0. The molecule has 2 aliphatic rings. The van der Waals surface area contributed by atoms with Crippen LogP contribution in [0, 0.1) is 13.8 Å². The van der Waals surface area contributed by atoms with Gasteiger partial charge in [0.25, 0.3) is 0 Å². The molecule has 33 heavy (non-hydrogen) atoms. The van der Waals surface area contributed by atoms with Gasteiger partial charge in [-0.05, 0) is 53.1 Å². The third kappa shape index (κ3) is 2.38. The van der Waals surface area contributed by atoms with Gasteiger partial charge in [0.15, 0.2) is 0 Å². The van der Waals surface area contributed by atoms with Crippen LogP contribution in [0.5, 0.6) is 5.75 Å². The van der Waals surface area contributed by atoms with Crippen molar-refractivity contribution in [2.24, 2.45) is 0 Å². The van der Waals surface area contributed by atoms with Crippen LogP contribution in [0.15, 0.2) is 84.9 Å². The molecule has 0 bridgehead atoms. The Kier molecular flexibility index (Phi) is 3.64. The molecule has 0 saturated carbocycles. The number of benzene rings is 5. The number of aryl methyl sites for hydroxylation is 2. The molecule has 2 aliphatic heterocycles. The molecule has 2 heterocycles. The first-order valence-corrected chi connectivity index (χ1v) is 11.3. The second-order valence-electron chi connectivity index (χ2n) is 9.02. The van der Waals surface area contributed by atoms with Crippen LogP contribution in [0.2, 0.25) is 0 Å². The van der Waals surface area contributed by atoms with E-state index in [9.17, 15) is 4.79 Å². The zero-order valence-electron chi connectivity index (χ0n) is 18.4. The molecule has 0 fully saturated rings. The molecule has 156 valence electrons. The van der Waals surface area contributed by atoms with Crippen LogP contribution < -0.4 is 26.0 Å². The maximum atomic E-state index is 13.4. The van der Waals surface area contributed by atoms with Crippen LogP contribution in [-0.4, -0.2) is 12.8 Å². The van der Waals surface area contributed by atoms with E-state index in [4.69, 9.17) is 4.74 Å². The Morgan fingerprint density at radius 1 is 0.727 bits per heavy atom. The summed E-state index contributed by atoms with van der Waals surface area (Å²) in [4.78, 5) is 15.2. The van der Waals surface area contributed by atoms with E-state index in [1.54, 1.807) is 4.90 Å². The van der Waals surface area contributed by atoms with Crippen molar-refractivity contribution in [2.75, 3.05) is 4.90 Å². The number of nitrogens with zero attached hydrogens (tertiary/aromatic N) is 1. The number of carbonyl (C=O) groups is 1. The van der Waals surface area contributed by atoms with Gasteiger partial charge in [0.05, 0.1) is 5.69 Å². The smallest absolute Gasteiger partial charge is 0.409 e. The monoisotopic (exact) mass is 425 g/mol. The molecule has 0 saturated heterocycles. The standard InChI is InChI=1S/C29H20BNO2/c1-17-7-5-8-18(2)26(17)30-22-15-13-20-10-6-12-24-25(20)28(22)31(29(32)33-24)23-16-14-19-9-3-4-11-21(19)27(23)30/h3-16H,1-2H3. The lowest BCUT2D eigenvalue weighted by Gasteiger charge is -2.39. The van der Waals surface area contributed by atoms with Crippen LogP contribution in [0.25, 0.3) is 21.5 Å². The van der Waals surface area contributed by atoms with E-state index in [1.165, 1.54) is 27.4 Å². The Morgan fingerprint density at radius 2 is 1.45 bits per heavy atom. The highest BCUT2D eigenvalue weighted by molar-refractivity contribution is 7.00. The Morgan fingerprint density at radius 3 is 2.30 bits per heavy atom. The maximum Gasteiger partial charge on any atom is 0.424 e. The molecule has 5 aromatic carbocycles. The van der Waals surface area contributed by atoms with Crippen molar-refractivity contribution in [3.63, 3.8) is 0 Å². The molecule has 1 amide bonds. The summed E-state index contributed by atoms with van der Waals surface area (Å²) in [6, 6.07) is 29.4. The van der Waals surface area contributed by atoms with Crippen molar-refractivity contribution < 1.29 is 9.53 Å². The largest absolute Gasteiger partial charge is 0.424 e. The quantitative estimate of drug-likeness (QED) is 0.350. The molecule has 0 aliphatic carbocycles. The number of hydrogen-bond donors (Lipinski definition) is 0. The summed E-state index contributed by atoms with van der Waals surface area (Å²) in [5.74, 6) is 0.634. The van der Waals surface area contributed by atoms with E-state index in [0.717, 1.165) is 33.1 Å². The summed E-state index contributed by atoms with van der Waals surface area (Å²) in [5.41, 5.74) is 7.98. The summed E-state index contributed by atoms with van der Waals surface area (Å²) < 4.78 is 5.84. The van der Waals surface area contributed by atoms with Crippen LogP contribution in [-0.2, 0) is 0 Å². The highest BCUT2D eigenvalue weighted by atomic mass is 16.6. The average Bonchev–Trinajstić information content (AvgIpc) is 2.82. The van der Waals surface area contributed by atoms with E-state index in [1.807, 2.05) is 12.1 Å². The molecule has 0 aromatic heterocycles. The second-order valence-corrected chi connectivity index (χ2v) is 9.02. The topological polar surface area (TPSA) is 29.5 Å². The van der Waals surface area contributed by atoms with Gasteiger partial charge in [-0.2, -0.15) is 0 Å². The second kappa shape index (κ2) is 6.49. The van der Waals surface area contributed by atoms with Crippen LogP contribution in [0.3, 0.4) is 0 Å². The minimum Gasteiger partial charge on any atom is -0.409 e. The van der Waals surface area contributed by atoms with Gasteiger partial charge in [-0.15, -0.1) is 0 Å². The molecule has 0 atom stereocenters. The number of rotatable bonds is 1. The van der Waals surface area contributed by atoms with E-state index < -0.39 is 0 Å². The summed E-state index contributed by atoms with van der Waals surface area (Å²) in [7, 11) is 0. The fourth-order valence-electron chi connectivity index (χ4n) is 5.87. The Bertz CT molecular complexity index is 1640. The minimum absolute atomic E-state index is 0.0157. The van der Waals surface area contributed by atoms with Crippen molar-refractivity contribution in [2.45, 2.75) is 13.8 Å². The Labute approximate surface area is 192 Å². The van der Waals surface area contributed by atoms with Gasteiger partial charge in [-0.1, -0.05) is 89.4 Å². The van der Waals surface area contributed by atoms with Crippen molar-refractivity contribution in [3.05, 3.63) is 96.1 Å². The predicted octanol–water partition coefficient (Wildman–Crippen LogP) is 5.09. The number of amides is 1. The van der Waals surface area contributed by atoms with Gasteiger partial charge in [0.1, 0.15) is 5.75 Å². The van der Waals surface area contributed by atoms with E-state index >= 15 is 0 Å². The van der Waals surface area contributed by atoms with Gasteiger partial charge in [-0.25, -0.2) is 9.69 Å². The predicted molar refractivity (Wildman–Crippen MR) is 137 cm³/mol. The molecular formula is C29H20BNO2. The summed E-state index contributed by atoms with van der Waals surface area (Å²) in [6.45, 7) is 4.39. The van der Waals surface area contributed by atoms with Gasteiger partial charge in [0.2, 0.25) is 6.71 Å². The third-order valence-corrected chi connectivity index (χ3v) is 7.23. The highest BCUT2D eigenvalue weighted by Gasteiger charge is 2.43. The summed E-state index contributed by atoms with van der Waals surface area (Å²) in [6.07, 6.45) is -0.348. The van der Waals surface area contributed by atoms with Gasteiger partial charge < -0.3 is 4.74 Å². The van der Waals surface area contributed by atoms with Crippen molar-refractivity contribution in [1.29, 1.82) is 0 Å². The number of anilines is 2. The van der Waals surface area contributed by atoms with Crippen molar-refractivity contribution >= 4 is 62.1 Å². The number of carbonyl (C=O) groups excluding carboxylic acids is 1. The first kappa shape index (κ1) is 18.5. The Hall–Kier alpha value is -4.05.